The molecule has 0 saturated carbocycles. The number of hydrogen-bond donors (Lipinski definition) is 4. The lowest BCUT2D eigenvalue weighted by molar-refractivity contribution is -0.124. The van der Waals surface area contributed by atoms with Crippen LogP contribution in [0.1, 0.15) is 40.8 Å². The minimum atomic E-state index is -1.52. The molecule has 0 radical (unpaired) electrons. The molecule has 2 heterocycles. The van der Waals surface area contributed by atoms with Crippen molar-refractivity contribution < 1.29 is 24.5 Å². The number of anilines is 2. The zero-order chi connectivity index (χ0) is 32.1. The Labute approximate surface area is 270 Å². The zero-order valence-electron chi connectivity index (χ0n) is 25.0. The predicted octanol–water partition coefficient (Wildman–Crippen LogP) is 4.78. The lowest BCUT2D eigenvalue weighted by Crippen LogP contribution is -2.21. The highest BCUT2D eigenvalue weighted by atomic mass is 32.1. The van der Waals surface area contributed by atoms with Crippen molar-refractivity contribution >= 4 is 34.1 Å². The highest BCUT2D eigenvalue weighted by molar-refractivity contribution is 7.15. The number of unbranched alkanes of at least 4 members (excludes halogenated alkanes) is 1. The van der Waals surface area contributed by atoms with Gasteiger partial charge in [-0.25, -0.2) is 0 Å². The number of aromatic nitrogens is 4. The molecule has 0 spiro atoms. The van der Waals surface area contributed by atoms with Crippen LogP contribution in [0.3, 0.4) is 0 Å². The largest absolute Gasteiger partial charge is 0.491 e. The van der Waals surface area contributed by atoms with Gasteiger partial charge in [0.25, 0.3) is 5.91 Å². The molecule has 2 amide bonds. The number of amides is 2. The minimum Gasteiger partial charge on any atom is -0.491 e. The molecule has 5 aromatic rings. The first-order chi connectivity index (χ1) is 22.5. The van der Waals surface area contributed by atoms with Crippen molar-refractivity contribution in [1.82, 2.24) is 20.4 Å². The molecular formula is C34H34N6O5S. The van der Waals surface area contributed by atoms with Crippen molar-refractivity contribution in [1.29, 1.82) is 0 Å². The predicted molar refractivity (Wildman–Crippen MR) is 175 cm³/mol. The third-order valence-corrected chi connectivity index (χ3v) is 7.88. The molecule has 1 unspecified atom stereocenters. The summed E-state index contributed by atoms with van der Waals surface area (Å²) in [7, 11) is 0. The van der Waals surface area contributed by atoms with Crippen molar-refractivity contribution in [2.75, 3.05) is 23.8 Å². The highest BCUT2D eigenvalue weighted by Crippen LogP contribution is 2.32. The fourth-order valence-corrected chi connectivity index (χ4v) is 5.47. The Hall–Kier alpha value is -5.04. The van der Waals surface area contributed by atoms with E-state index in [1.807, 2.05) is 66.7 Å². The quantitative estimate of drug-likeness (QED) is 0.118. The van der Waals surface area contributed by atoms with E-state index >= 15 is 0 Å². The van der Waals surface area contributed by atoms with E-state index in [0.29, 0.717) is 24.4 Å². The summed E-state index contributed by atoms with van der Waals surface area (Å²) in [5.41, 5.74) is 3.83. The third-order valence-electron chi connectivity index (χ3n) is 6.98. The van der Waals surface area contributed by atoms with Crippen LogP contribution < -0.4 is 15.4 Å². The van der Waals surface area contributed by atoms with Crippen LogP contribution >= 0.6 is 11.3 Å². The monoisotopic (exact) mass is 638 g/mol. The summed E-state index contributed by atoms with van der Waals surface area (Å²) >= 11 is 1.25. The molecule has 0 aliphatic rings. The van der Waals surface area contributed by atoms with E-state index in [1.54, 1.807) is 24.3 Å². The van der Waals surface area contributed by atoms with E-state index in [9.17, 15) is 19.8 Å². The third kappa shape index (κ3) is 9.24. The number of carbonyl (C=O) groups is 2. The summed E-state index contributed by atoms with van der Waals surface area (Å²) in [6.45, 7) is -0.190. The van der Waals surface area contributed by atoms with Gasteiger partial charge in [-0.2, -0.15) is 5.10 Å². The number of hydrogen-bond acceptors (Lipinski definition) is 10. The summed E-state index contributed by atoms with van der Waals surface area (Å²) < 4.78 is 5.66. The van der Waals surface area contributed by atoms with Gasteiger partial charge in [0.2, 0.25) is 11.0 Å². The van der Waals surface area contributed by atoms with Gasteiger partial charge < -0.3 is 20.3 Å². The average Bonchev–Trinajstić information content (AvgIpc) is 3.53. The van der Waals surface area contributed by atoms with E-state index in [2.05, 4.69) is 31.0 Å². The van der Waals surface area contributed by atoms with E-state index in [1.165, 1.54) is 11.3 Å². The smallest absolute Gasteiger partial charge is 0.259 e. The molecule has 0 aliphatic heterocycles. The van der Waals surface area contributed by atoms with Gasteiger partial charge in [-0.1, -0.05) is 84.1 Å². The lowest BCUT2D eigenvalue weighted by atomic mass is 10.0. The maximum atomic E-state index is 12.9. The van der Waals surface area contributed by atoms with Crippen LogP contribution in [-0.4, -0.2) is 55.6 Å². The number of aliphatic hydroxyl groups is 2. The van der Waals surface area contributed by atoms with Gasteiger partial charge in [0.15, 0.2) is 11.9 Å². The molecule has 46 heavy (non-hydrogen) atoms. The number of nitrogens with one attached hydrogen (secondary N) is 2. The van der Waals surface area contributed by atoms with Gasteiger partial charge >= 0.3 is 0 Å². The number of aryl methyl sites for hydroxylation is 2. The summed E-state index contributed by atoms with van der Waals surface area (Å²) in [5.74, 6) is -0.0912. The Kier molecular flexibility index (Phi) is 11.5. The van der Waals surface area contributed by atoms with E-state index < -0.39 is 12.0 Å². The minimum absolute atomic E-state index is 0.0185. The Balaban J connectivity index is 1.08. The van der Waals surface area contributed by atoms with Crippen LogP contribution in [0.4, 0.5) is 10.9 Å². The Morgan fingerprint density at radius 2 is 1.57 bits per heavy atom. The van der Waals surface area contributed by atoms with Gasteiger partial charge in [-0.15, -0.1) is 15.3 Å². The normalized spacial score (nSPS) is 11.5. The van der Waals surface area contributed by atoms with Gasteiger partial charge in [-0.3, -0.25) is 14.9 Å². The molecule has 11 nitrogen and oxygen atoms in total. The second-order valence-corrected chi connectivity index (χ2v) is 11.5. The molecule has 236 valence electrons. The fourth-order valence-electron chi connectivity index (χ4n) is 4.68. The highest BCUT2D eigenvalue weighted by Gasteiger charge is 2.23. The molecule has 2 aromatic heterocycles. The van der Waals surface area contributed by atoms with Crippen molar-refractivity contribution in [2.24, 2.45) is 0 Å². The molecule has 0 saturated heterocycles. The van der Waals surface area contributed by atoms with Gasteiger partial charge in [-0.05, 0) is 54.2 Å². The molecule has 0 bridgehead atoms. The molecule has 4 N–H and O–H groups in total. The zero-order valence-corrected chi connectivity index (χ0v) is 25.8. The summed E-state index contributed by atoms with van der Waals surface area (Å²) in [6.07, 6.45) is 1.79. The second-order valence-electron chi connectivity index (χ2n) is 10.4. The van der Waals surface area contributed by atoms with Crippen molar-refractivity contribution in [3.05, 3.63) is 113 Å². The number of rotatable bonds is 15. The van der Waals surface area contributed by atoms with E-state index in [-0.39, 0.29) is 36.2 Å². The topological polar surface area (TPSA) is 159 Å². The Bertz CT molecular complexity index is 1720. The van der Waals surface area contributed by atoms with Crippen LogP contribution in [0.2, 0.25) is 0 Å². The standard InChI is InChI=1S/C34H34N6O5S/c41-19-20-45-28-22-25(24-11-5-2-6-12-24)15-17-27(28)32(43)33(44)36-34-40-39-31(46-34)14-8-7-13-26-16-18-29(38-37-26)35-30(42)21-23-9-3-1-4-10-23/h1-6,9-12,15-18,22,32,41,43H,7-8,13-14,19-21H2,(H,35,38,42)(H,36,40,44). The Morgan fingerprint density at radius 3 is 2.30 bits per heavy atom. The maximum absolute atomic E-state index is 12.9. The SMILES string of the molecule is O=C(Cc1ccccc1)Nc1ccc(CCCCc2nnc(NC(=O)C(O)c3ccc(-c4ccccc4)cc3OCCO)s2)nn1. The van der Waals surface area contributed by atoms with Gasteiger partial charge in [0.1, 0.15) is 17.4 Å². The molecule has 0 fully saturated rings. The van der Waals surface area contributed by atoms with Gasteiger partial charge in [0, 0.05) is 12.0 Å². The number of carbonyl (C=O) groups excluding carboxylic acids is 2. The van der Waals surface area contributed by atoms with Crippen molar-refractivity contribution in [3.63, 3.8) is 0 Å². The number of benzene rings is 3. The molecular weight excluding hydrogens is 604 g/mol. The molecule has 3 aromatic carbocycles. The van der Waals surface area contributed by atoms with Crippen molar-refractivity contribution in [2.45, 2.75) is 38.2 Å². The van der Waals surface area contributed by atoms with E-state index in [4.69, 9.17) is 4.74 Å². The first-order valence-electron chi connectivity index (χ1n) is 14.9. The van der Waals surface area contributed by atoms with Gasteiger partial charge in [0.05, 0.1) is 18.7 Å². The lowest BCUT2D eigenvalue weighted by Gasteiger charge is -2.16. The summed E-state index contributed by atoms with van der Waals surface area (Å²) in [4.78, 5) is 25.2. The fraction of sp³-hybridized carbons (Fsp3) is 0.235. The van der Waals surface area contributed by atoms with Crippen LogP contribution in [0.25, 0.3) is 11.1 Å². The van der Waals surface area contributed by atoms with Crippen LogP contribution in [0.5, 0.6) is 5.75 Å². The molecule has 1 atom stereocenters. The number of nitrogens with zero attached hydrogens (tertiary/aromatic N) is 4. The first-order valence-corrected chi connectivity index (χ1v) is 15.7. The van der Waals surface area contributed by atoms with Crippen LogP contribution in [0.15, 0.2) is 91.0 Å². The summed E-state index contributed by atoms with van der Waals surface area (Å²) in [6, 6.07) is 27.9. The second kappa shape index (κ2) is 16.3. The molecule has 0 aliphatic carbocycles. The molecule has 5 rings (SSSR count). The maximum Gasteiger partial charge on any atom is 0.259 e. The first kappa shape index (κ1) is 32.4. The average molecular weight is 639 g/mol. The molecule has 12 heteroatoms. The number of aliphatic hydroxyl groups excluding tert-OH is 2. The van der Waals surface area contributed by atoms with Crippen molar-refractivity contribution in [3.8, 4) is 16.9 Å². The van der Waals surface area contributed by atoms with E-state index in [0.717, 1.165) is 40.2 Å². The summed E-state index contributed by atoms with van der Waals surface area (Å²) in [5, 5.41) is 43.2. The Morgan fingerprint density at radius 1 is 0.804 bits per heavy atom. The number of ether oxygens (including phenoxy) is 1. The van der Waals surface area contributed by atoms with Crippen LogP contribution in [-0.2, 0) is 28.9 Å². The van der Waals surface area contributed by atoms with Crippen LogP contribution in [0, 0.1) is 0 Å².